The van der Waals surface area contributed by atoms with Gasteiger partial charge in [0.05, 0.1) is 38.5 Å². The van der Waals surface area contributed by atoms with Crippen LogP contribution in [0, 0.1) is 13.8 Å². The van der Waals surface area contributed by atoms with Crippen LogP contribution in [-0.2, 0) is 27.6 Å². The molecule has 1 unspecified atom stereocenters. The zero-order valence-electron chi connectivity index (χ0n) is 38.0. The number of nitrogens with one attached hydrogen (secondary N) is 5. The molecular weight excluding hydrogens is 921 g/mol. The van der Waals surface area contributed by atoms with E-state index in [1.165, 1.54) is 4.57 Å². The molecule has 2 saturated heterocycles. The lowest BCUT2D eigenvalue weighted by molar-refractivity contribution is -0.135. The van der Waals surface area contributed by atoms with Gasteiger partial charge >= 0.3 is 5.69 Å². The fraction of sp³-hybridized carbons (Fsp3) is 0.417. The highest BCUT2D eigenvalue weighted by Gasteiger charge is 2.32. The third-order valence-corrected chi connectivity index (χ3v) is 14.9. The van der Waals surface area contributed by atoms with Crippen LogP contribution < -0.4 is 47.2 Å². The Labute approximate surface area is 392 Å². The van der Waals surface area contributed by atoms with Crippen LogP contribution in [0.5, 0.6) is 5.75 Å². The van der Waals surface area contributed by atoms with Crippen molar-refractivity contribution in [2.24, 2.45) is 7.05 Å². The maximum Gasteiger partial charge on any atom is 0.329 e. The number of imide groups is 1. The van der Waals surface area contributed by atoms with E-state index in [4.69, 9.17) is 9.72 Å². The number of benzene rings is 3. The number of nitrogens with zero attached hydrogens (tertiary/aromatic N) is 6. The molecular formula is C48H57BrN11O5P. The first-order valence-electron chi connectivity index (χ1n) is 22.8. The van der Waals surface area contributed by atoms with Gasteiger partial charge in [-0.2, -0.15) is 4.98 Å². The normalized spacial score (nSPS) is 17.1. The molecule has 16 nitrogen and oxygen atoms in total. The number of piperidine rings is 2. The number of rotatable bonds is 16. The highest BCUT2D eigenvalue weighted by atomic mass is 79.9. The minimum Gasteiger partial charge on any atom is -0.488 e. The summed E-state index contributed by atoms with van der Waals surface area (Å²) in [4.78, 5) is 54.3. The molecule has 1 aliphatic carbocycles. The largest absolute Gasteiger partial charge is 0.488 e. The average Bonchev–Trinajstić information content (AvgIpc) is 4.07. The topological polar surface area (TPSA) is 189 Å². The molecule has 3 aromatic heterocycles. The number of anilines is 5. The van der Waals surface area contributed by atoms with Crippen LogP contribution in [0.25, 0.3) is 21.9 Å². The van der Waals surface area contributed by atoms with Gasteiger partial charge in [-0.3, -0.25) is 29.0 Å². The van der Waals surface area contributed by atoms with Crippen molar-refractivity contribution in [3.63, 3.8) is 0 Å². The Morgan fingerprint density at radius 1 is 0.909 bits per heavy atom. The number of aryl methyl sites for hydroxylation is 3. The monoisotopic (exact) mass is 977 g/mol. The number of aromatic nitrogens is 5. The molecule has 9 rings (SSSR count). The Morgan fingerprint density at radius 3 is 2.47 bits per heavy atom. The van der Waals surface area contributed by atoms with E-state index in [-0.39, 0.29) is 24.1 Å². The van der Waals surface area contributed by atoms with Crippen molar-refractivity contribution in [1.29, 1.82) is 0 Å². The second-order valence-electron chi connectivity index (χ2n) is 18.1. The predicted octanol–water partition coefficient (Wildman–Crippen LogP) is 6.70. The first-order chi connectivity index (χ1) is 31.7. The summed E-state index contributed by atoms with van der Waals surface area (Å²) in [6, 6.07) is 17.6. The second kappa shape index (κ2) is 18.9. The number of fused-ring (bicyclic) bond motifs is 2. The van der Waals surface area contributed by atoms with Crippen molar-refractivity contribution < 1.29 is 18.9 Å². The Morgan fingerprint density at radius 2 is 1.71 bits per heavy atom. The molecule has 5 heterocycles. The molecule has 346 valence electrons. The summed E-state index contributed by atoms with van der Waals surface area (Å²) in [5.41, 5.74) is 7.80. The minimum absolute atomic E-state index is 0.186. The molecule has 3 aliphatic rings. The third-order valence-electron chi connectivity index (χ3n) is 12.7. The van der Waals surface area contributed by atoms with E-state index < -0.39 is 19.1 Å². The molecule has 6 aromatic rings. The Kier molecular flexibility index (Phi) is 13.1. The van der Waals surface area contributed by atoms with Crippen LogP contribution in [0.4, 0.5) is 28.8 Å². The van der Waals surface area contributed by atoms with Crippen LogP contribution in [0.15, 0.2) is 70.1 Å². The van der Waals surface area contributed by atoms with Gasteiger partial charge in [-0.25, -0.2) is 9.78 Å². The number of ether oxygens (including phenoxy) is 1. The van der Waals surface area contributed by atoms with Gasteiger partial charge in [0.1, 0.15) is 24.8 Å². The quantitative estimate of drug-likeness (QED) is 0.0392. The van der Waals surface area contributed by atoms with Crippen molar-refractivity contribution in [3.8, 4) is 5.75 Å². The van der Waals surface area contributed by atoms with Crippen molar-refractivity contribution in [1.82, 2.24) is 40.0 Å². The van der Waals surface area contributed by atoms with Crippen molar-refractivity contribution in [2.75, 3.05) is 61.6 Å². The lowest BCUT2D eigenvalue weighted by atomic mass is 10.0. The van der Waals surface area contributed by atoms with E-state index in [2.05, 4.69) is 76.4 Å². The Balaban J connectivity index is 0.799. The molecule has 0 spiro atoms. The number of pyridine rings is 1. The van der Waals surface area contributed by atoms with E-state index in [1.807, 2.05) is 49.4 Å². The minimum atomic E-state index is -2.73. The van der Waals surface area contributed by atoms with Crippen molar-refractivity contribution in [2.45, 2.75) is 77.0 Å². The van der Waals surface area contributed by atoms with Gasteiger partial charge in [0.2, 0.25) is 17.8 Å². The summed E-state index contributed by atoms with van der Waals surface area (Å²) in [6.45, 7) is 11.9. The van der Waals surface area contributed by atoms with Crippen molar-refractivity contribution in [3.05, 3.63) is 92.6 Å². The number of imidazole rings is 1. The predicted molar refractivity (Wildman–Crippen MR) is 265 cm³/mol. The van der Waals surface area contributed by atoms with Gasteiger partial charge in [0.25, 0.3) is 0 Å². The molecule has 3 fully saturated rings. The van der Waals surface area contributed by atoms with Gasteiger partial charge < -0.3 is 35.5 Å². The number of carbonyl (C=O) groups excluding carboxylic acids is 2. The van der Waals surface area contributed by atoms with Crippen LogP contribution in [0.3, 0.4) is 0 Å². The molecule has 2 amide bonds. The molecule has 1 atom stereocenters. The first kappa shape index (κ1) is 45.5. The van der Waals surface area contributed by atoms with Gasteiger partial charge in [-0.15, -0.1) is 0 Å². The summed E-state index contributed by atoms with van der Waals surface area (Å²) >= 11 is 3.63. The SMILES string of the molecule is Cc1ccc2c(P(C)(C)=O)c(Nc3nc(Nc4cc(C)c(N5CCC(NCCNCCc6cccc7c6n(C)c(=O)n7C6CCC(=O)NC6=O)CC5)cc4OC4CC4)ncc3Br)ccc2n1. The second-order valence-corrected chi connectivity index (χ2v) is 22.1. The lowest BCUT2D eigenvalue weighted by Gasteiger charge is -2.35. The summed E-state index contributed by atoms with van der Waals surface area (Å²) < 4.78 is 24.0. The van der Waals surface area contributed by atoms with E-state index in [9.17, 15) is 18.9 Å². The smallest absolute Gasteiger partial charge is 0.329 e. The molecule has 2 aliphatic heterocycles. The zero-order valence-corrected chi connectivity index (χ0v) is 40.5. The highest BCUT2D eigenvalue weighted by Crippen LogP contribution is 2.43. The number of halogens is 1. The summed E-state index contributed by atoms with van der Waals surface area (Å²) in [7, 11) is -0.991. The van der Waals surface area contributed by atoms with E-state index >= 15 is 0 Å². The highest BCUT2D eigenvalue weighted by molar-refractivity contribution is 9.10. The average molecular weight is 979 g/mol. The molecule has 3 aromatic carbocycles. The number of para-hydroxylation sites is 1. The van der Waals surface area contributed by atoms with Gasteiger partial charge in [-0.1, -0.05) is 18.2 Å². The summed E-state index contributed by atoms with van der Waals surface area (Å²) in [5.74, 6) is 0.979. The summed E-state index contributed by atoms with van der Waals surface area (Å²) in [5, 5.41) is 18.2. The molecule has 66 heavy (non-hydrogen) atoms. The van der Waals surface area contributed by atoms with Crippen molar-refractivity contribution >= 4 is 91.0 Å². The fourth-order valence-electron chi connectivity index (χ4n) is 9.30. The van der Waals surface area contributed by atoms with E-state index in [0.717, 1.165) is 120 Å². The van der Waals surface area contributed by atoms with Crippen LogP contribution in [0.2, 0.25) is 0 Å². The van der Waals surface area contributed by atoms with E-state index in [0.29, 0.717) is 39.9 Å². The molecule has 1 saturated carbocycles. The Bertz CT molecular complexity index is 2960. The van der Waals surface area contributed by atoms with Gasteiger partial charge in [0, 0.05) is 80.0 Å². The Hall–Kier alpha value is -5.61. The van der Waals surface area contributed by atoms with Crippen LogP contribution in [0.1, 0.15) is 61.4 Å². The molecule has 5 N–H and O–H groups in total. The number of hydrogen-bond acceptors (Lipinski definition) is 13. The lowest BCUT2D eigenvalue weighted by Crippen LogP contribution is -2.44. The molecule has 0 radical (unpaired) electrons. The number of amides is 2. The number of hydrogen-bond donors (Lipinski definition) is 5. The summed E-state index contributed by atoms with van der Waals surface area (Å²) in [6.07, 6.45) is 7.22. The van der Waals surface area contributed by atoms with Crippen LogP contribution in [-0.4, -0.2) is 94.1 Å². The maximum atomic E-state index is 13.7. The zero-order chi connectivity index (χ0) is 46.3. The standard InChI is InChI=1S/C48H57BrN11O5P/c1-28-25-37(55-47-52-27-34(49)45(57-47)54-36-14-13-35-33(12-9-29(2)53-35)44(36)66(4,5)64)41(65-32-10-11-32)26-40(28)59-23-18-31(19-24-59)51-22-21-50-20-17-30-7-6-8-38-43(30)58(3)48(63)60(38)39-15-16-42(61)56-46(39)62/h6-9,12-14,25-27,31-32,39,50-51H,10-11,15-24H2,1-5H3,(H,56,61,62)(H2,52,54,55,57). The van der Waals surface area contributed by atoms with Crippen LogP contribution >= 0.6 is 23.1 Å². The van der Waals surface area contributed by atoms with Gasteiger partial charge in [0.15, 0.2) is 0 Å². The third kappa shape index (κ3) is 9.76. The van der Waals surface area contributed by atoms with Gasteiger partial charge in [-0.05, 0) is 130 Å². The van der Waals surface area contributed by atoms with E-state index in [1.54, 1.807) is 31.1 Å². The first-order valence-corrected chi connectivity index (χ1v) is 26.2. The maximum absolute atomic E-state index is 13.7. The molecule has 0 bridgehead atoms. The molecule has 18 heteroatoms. The fourth-order valence-corrected chi connectivity index (χ4v) is 11.1. The number of carbonyl (C=O) groups is 2.